The van der Waals surface area contributed by atoms with Gasteiger partial charge in [-0.1, -0.05) is 54.1 Å². The molecule has 9 heteroatoms. The van der Waals surface area contributed by atoms with Crippen molar-refractivity contribution in [2.24, 2.45) is 0 Å². The molecule has 0 bridgehead atoms. The molecule has 0 aromatic heterocycles. The molecule has 6 nitrogen and oxygen atoms in total. The fraction of sp³-hybridized carbons (Fsp3) is 0.160. The Labute approximate surface area is 193 Å². The summed E-state index contributed by atoms with van der Waals surface area (Å²) in [5.74, 6) is -2.23. The lowest BCUT2D eigenvalue weighted by Crippen LogP contribution is -2.33. The summed E-state index contributed by atoms with van der Waals surface area (Å²) in [5, 5.41) is 4.78. The first-order valence-electron chi connectivity index (χ1n) is 10.2. The molecular weight excluding hydrogens is 449 g/mol. The lowest BCUT2D eigenvalue weighted by atomic mass is 10.1. The van der Waals surface area contributed by atoms with E-state index in [1.54, 1.807) is 36.4 Å². The maximum Gasteiger partial charge on any atom is 0.416 e. The van der Waals surface area contributed by atoms with Gasteiger partial charge in [-0.2, -0.15) is 13.2 Å². The molecule has 3 rings (SSSR count). The summed E-state index contributed by atoms with van der Waals surface area (Å²) in [6.45, 7) is 1.31. The molecule has 3 aromatic rings. The van der Waals surface area contributed by atoms with Gasteiger partial charge in [-0.25, -0.2) is 0 Å². The van der Waals surface area contributed by atoms with E-state index in [0.717, 1.165) is 23.8 Å². The molecule has 0 aliphatic rings. The Morgan fingerprint density at radius 2 is 1.62 bits per heavy atom. The van der Waals surface area contributed by atoms with E-state index < -0.39 is 42.2 Å². The number of halogens is 3. The van der Waals surface area contributed by atoms with E-state index >= 15 is 0 Å². The fourth-order valence-electron chi connectivity index (χ4n) is 3.10. The fourth-order valence-corrected chi connectivity index (χ4v) is 3.10. The van der Waals surface area contributed by atoms with Gasteiger partial charge in [-0.3, -0.25) is 14.4 Å². The normalized spacial score (nSPS) is 11.9. The average Bonchev–Trinajstić information content (AvgIpc) is 2.81. The van der Waals surface area contributed by atoms with Gasteiger partial charge in [0.25, 0.3) is 11.8 Å². The van der Waals surface area contributed by atoms with Gasteiger partial charge in [0.2, 0.25) is 6.10 Å². The molecule has 2 amide bonds. The van der Waals surface area contributed by atoms with E-state index in [2.05, 4.69) is 10.6 Å². The minimum atomic E-state index is -4.58. The van der Waals surface area contributed by atoms with E-state index in [9.17, 15) is 27.6 Å². The molecular formula is C25H21F3N2O4. The van der Waals surface area contributed by atoms with Crippen LogP contribution in [0.1, 0.15) is 33.2 Å². The number of hydrogen-bond acceptors (Lipinski definition) is 4. The molecule has 0 unspecified atom stereocenters. The number of rotatable bonds is 7. The van der Waals surface area contributed by atoms with E-state index in [0.29, 0.717) is 11.1 Å². The number of carbonyl (C=O) groups is 3. The van der Waals surface area contributed by atoms with Crippen molar-refractivity contribution in [3.63, 3.8) is 0 Å². The number of alkyl halides is 3. The first-order valence-corrected chi connectivity index (χ1v) is 10.2. The van der Waals surface area contributed by atoms with Gasteiger partial charge in [0.1, 0.15) is 6.54 Å². The monoisotopic (exact) mass is 470 g/mol. The van der Waals surface area contributed by atoms with Gasteiger partial charge >= 0.3 is 12.1 Å². The molecule has 0 radical (unpaired) electrons. The SMILES string of the molecule is Cc1cccc(C(=O)NCC(=O)O[C@@H](C(=O)Nc2cccc(C(F)(F)F)c2)c2ccccc2)c1. The van der Waals surface area contributed by atoms with Gasteiger partial charge in [-0.05, 0) is 37.3 Å². The Kier molecular flexibility index (Phi) is 7.68. The van der Waals surface area contributed by atoms with Gasteiger partial charge in [0.15, 0.2) is 0 Å². The minimum absolute atomic E-state index is 0.107. The van der Waals surface area contributed by atoms with Crippen molar-refractivity contribution >= 4 is 23.5 Å². The maximum absolute atomic E-state index is 13.0. The quantitative estimate of drug-likeness (QED) is 0.492. The van der Waals surface area contributed by atoms with Crippen LogP contribution in [0.15, 0.2) is 78.9 Å². The molecule has 0 saturated heterocycles. The second kappa shape index (κ2) is 10.7. The highest BCUT2D eigenvalue weighted by atomic mass is 19.4. The third kappa shape index (κ3) is 6.68. The van der Waals surface area contributed by atoms with Crippen LogP contribution < -0.4 is 10.6 Å². The number of nitrogens with one attached hydrogen (secondary N) is 2. The highest BCUT2D eigenvalue weighted by molar-refractivity contribution is 5.98. The van der Waals surface area contributed by atoms with Gasteiger partial charge < -0.3 is 15.4 Å². The Morgan fingerprint density at radius 1 is 0.912 bits per heavy atom. The zero-order valence-electron chi connectivity index (χ0n) is 18.1. The number of esters is 1. The number of benzene rings is 3. The molecule has 2 N–H and O–H groups in total. The Morgan fingerprint density at radius 3 is 2.29 bits per heavy atom. The molecule has 1 atom stereocenters. The number of hydrogen-bond donors (Lipinski definition) is 2. The summed E-state index contributed by atoms with van der Waals surface area (Å²) < 4.78 is 44.2. The number of amides is 2. The zero-order chi connectivity index (χ0) is 24.7. The van der Waals surface area contributed by atoms with Gasteiger partial charge in [-0.15, -0.1) is 0 Å². The van der Waals surface area contributed by atoms with Crippen molar-refractivity contribution in [1.29, 1.82) is 0 Å². The maximum atomic E-state index is 13.0. The van der Waals surface area contributed by atoms with Gasteiger partial charge in [0.05, 0.1) is 5.56 Å². The Balaban J connectivity index is 1.71. The Hall–Kier alpha value is -4.14. The molecule has 0 aliphatic carbocycles. The predicted octanol–water partition coefficient (Wildman–Crippen LogP) is 4.67. The molecule has 0 spiro atoms. The first kappa shape index (κ1) is 24.5. The van der Waals surface area contributed by atoms with Crippen LogP contribution in [-0.4, -0.2) is 24.3 Å². The van der Waals surface area contributed by atoms with Crippen LogP contribution in [0.5, 0.6) is 0 Å². The number of carbonyl (C=O) groups excluding carboxylic acids is 3. The number of anilines is 1. The lowest BCUT2D eigenvalue weighted by molar-refractivity contribution is -0.153. The van der Waals surface area contributed by atoms with Crippen LogP contribution in [0.25, 0.3) is 0 Å². The topological polar surface area (TPSA) is 84.5 Å². The van der Waals surface area contributed by atoms with Crippen molar-refractivity contribution in [2.75, 3.05) is 11.9 Å². The van der Waals surface area contributed by atoms with Crippen LogP contribution in [-0.2, 0) is 20.5 Å². The third-order valence-corrected chi connectivity index (χ3v) is 4.72. The second-order valence-electron chi connectivity index (χ2n) is 7.40. The highest BCUT2D eigenvalue weighted by Gasteiger charge is 2.31. The lowest BCUT2D eigenvalue weighted by Gasteiger charge is -2.19. The van der Waals surface area contributed by atoms with Crippen LogP contribution in [0.2, 0.25) is 0 Å². The second-order valence-corrected chi connectivity index (χ2v) is 7.40. The zero-order valence-corrected chi connectivity index (χ0v) is 18.1. The van der Waals surface area contributed by atoms with Crippen molar-refractivity contribution in [2.45, 2.75) is 19.2 Å². The van der Waals surface area contributed by atoms with Crippen molar-refractivity contribution < 1.29 is 32.3 Å². The van der Waals surface area contributed by atoms with Crippen LogP contribution in [0.3, 0.4) is 0 Å². The molecule has 0 saturated carbocycles. The Bertz CT molecular complexity index is 1180. The highest BCUT2D eigenvalue weighted by Crippen LogP contribution is 2.31. The molecule has 176 valence electrons. The molecule has 34 heavy (non-hydrogen) atoms. The average molecular weight is 470 g/mol. The van der Waals surface area contributed by atoms with Gasteiger partial charge in [0, 0.05) is 16.8 Å². The molecule has 0 aliphatic heterocycles. The third-order valence-electron chi connectivity index (χ3n) is 4.72. The smallest absolute Gasteiger partial charge is 0.416 e. The van der Waals surface area contributed by atoms with Crippen LogP contribution in [0, 0.1) is 6.92 Å². The molecule has 3 aromatic carbocycles. The summed E-state index contributed by atoms with van der Waals surface area (Å²) in [6.07, 6.45) is -6.03. The van der Waals surface area contributed by atoms with E-state index in [1.807, 2.05) is 13.0 Å². The summed E-state index contributed by atoms with van der Waals surface area (Å²) in [7, 11) is 0. The molecule has 0 fully saturated rings. The van der Waals surface area contributed by atoms with Crippen molar-refractivity contribution in [1.82, 2.24) is 5.32 Å². The van der Waals surface area contributed by atoms with E-state index in [1.165, 1.54) is 18.2 Å². The first-order chi connectivity index (χ1) is 16.1. The summed E-state index contributed by atoms with van der Waals surface area (Å²) in [5.41, 5.74) is 0.493. The molecule has 0 heterocycles. The summed E-state index contributed by atoms with van der Waals surface area (Å²) in [4.78, 5) is 37.5. The van der Waals surface area contributed by atoms with Crippen LogP contribution >= 0.6 is 0 Å². The summed E-state index contributed by atoms with van der Waals surface area (Å²) in [6, 6.07) is 18.9. The van der Waals surface area contributed by atoms with Crippen molar-refractivity contribution in [3.8, 4) is 0 Å². The van der Waals surface area contributed by atoms with Crippen molar-refractivity contribution in [3.05, 3.63) is 101 Å². The standard InChI is InChI=1S/C25H21F3N2O4/c1-16-7-5-10-18(13-16)23(32)29-15-21(31)34-22(17-8-3-2-4-9-17)24(33)30-20-12-6-11-19(14-20)25(26,27)28/h2-14,22H,15H2,1H3,(H,29,32)(H,30,33)/t22-/m1/s1. The number of ether oxygens (including phenoxy) is 1. The minimum Gasteiger partial charge on any atom is -0.446 e. The number of aryl methyl sites for hydroxylation is 1. The summed E-state index contributed by atoms with van der Waals surface area (Å²) >= 11 is 0. The van der Waals surface area contributed by atoms with Crippen LogP contribution in [0.4, 0.5) is 18.9 Å². The predicted molar refractivity (Wildman–Crippen MR) is 119 cm³/mol. The largest absolute Gasteiger partial charge is 0.446 e. The van der Waals surface area contributed by atoms with E-state index in [4.69, 9.17) is 4.74 Å². The van der Waals surface area contributed by atoms with E-state index in [-0.39, 0.29) is 5.69 Å².